The van der Waals surface area contributed by atoms with Gasteiger partial charge in [-0.05, 0) is 35.6 Å². The van der Waals surface area contributed by atoms with Crippen molar-refractivity contribution in [2.45, 2.75) is 6.92 Å². The highest BCUT2D eigenvalue weighted by Gasteiger charge is 2.12. The molecule has 3 rings (SSSR count). The van der Waals surface area contributed by atoms with E-state index in [1.807, 2.05) is 30.3 Å². The number of aromatic nitrogens is 2. The molecule has 1 aromatic heterocycles. The first-order chi connectivity index (χ1) is 9.25. The predicted molar refractivity (Wildman–Crippen MR) is 86.9 cm³/mol. The summed E-state index contributed by atoms with van der Waals surface area (Å²) < 4.78 is 1.22. The van der Waals surface area contributed by atoms with E-state index in [0.717, 1.165) is 22.8 Å². The van der Waals surface area contributed by atoms with Crippen LogP contribution in [0.5, 0.6) is 0 Å². The predicted octanol–water partition coefficient (Wildman–Crippen LogP) is 4.66. The number of aryl methyl sites for hydroxylation is 1. The summed E-state index contributed by atoms with van der Waals surface area (Å²) >= 11 is 2.35. The van der Waals surface area contributed by atoms with Gasteiger partial charge in [0.25, 0.3) is 0 Å². The Bertz CT molecular complexity index is 702. The lowest BCUT2D eigenvalue weighted by molar-refractivity contribution is 1.26. The second kappa shape index (κ2) is 5.17. The number of hydrogen-bond donors (Lipinski definition) is 1. The molecule has 1 heterocycles. The Morgan fingerprint density at radius 2 is 1.63 bits per heavy atom. The van der Waals surface area contributed by atoms with Crippen LogP contribution in [0, 0.1) is 10.5 Å². The molecule has 0 radical (unpaired) electrons. The van der Waals surface area contributed by atoms with Crippen molar-refractivity contribution in [1.29, 1.82) is 0 Å². The van der Waals surface area contributed by atoms with Gasteiger partial charge in [-0.1, -0.05) is 48.5 Å². The first-order valence-corrected chi connectivity index (χ1v) is 7.20. The minimum absolute atomic E-state index is 0.924. The topological polar surface area (TPSA) is 28.7 Å². The van der Waals surface area contributed by atoms with Crippen molar-refractivity contribution in [3.8, 4) is 22.6 Å². The van der Waals surface area contributed by atoms with Gasteiger partial charge in [-0.3, -0.25) is 0 Å². The van der Waals surface area contributed by atoms with Gasteiger partial charge in [-0.2, -0.15) is 0 Å². The summed E-state index contributed by atoms with van der Waals surface area (Å²) in [6.07, 6.45) is 0. The molecule has 0 spiro atoms. The highest BCUT2D eigenvalue weighted by atomic mass is 127. The first-order valence-electron chi connectivity index (χ1n) is 6.12. The summed E-state index contributed by atoms with van der Waals surface area (Å²) in [6, 6.07) is 18.5. The van der Waals surface area contributed by atoms with E-state index in [0.29, 0.717) is 0 Å². The van der Waals surface area contributed by atoms with Crippen molar-refractivity contribution in [2.75, 3.05) is 0 Å². The maximum atomic E-state index is 4.75. The van der Waals surface area contributed by atoms with Crippen LogP contribution in [0.4, 0.5) is 0 Å². The van der Waals surface area contributed by atoms with Crippen molar-refractivity contribution in [2.24, 2.45) is 0 Å². The van der Waals surface area contributed by atoms with E-state index in [-0.39, 0.29) is 0 Å². The molecule has 0 aliphatic rings. The van der Waals surface area contributed by atoms with Gasteiger partial charge < -0.3 is 4.98 Å². The Morgan fingerprint density at radius 1 is 0.947 bits per heavy atom. The molecule has 0 atom stereocenters. The Morgan fingerprint density at radius 3 is 2.37 bits per heavy atom. The molecule has 0 unspecified atom stereocenters. The molecule has 3 aromatic rings. The number of benzene rings is 2. The molecule has 0 amide bonds. The third kappa shape index (κ3) is 2.42. The quantitative estimate of drug-likeness (QED) is 0.662. The van der Waals surface area contributed by atoms with Crippen LogP contribution in [0.1, 0.15) is 5.69 Å². The lowest BCUT2D eigenvalue weighted by atomic mass is 10.1. The lowest BCUT2D eigenvalue weighted by Crippen LogP contribution is -1.85. The third-order valence-electron chi connectivity index (χ3n) is 3.06. The second-order valence-corrected chi connectivity index (χ2v) is 5.57. The normalized spacial score (nSPS) is 10.6. The molecule has 0 aliphatic carbocycles. The lowest BCUT2D eigenvalue weighted by Gasteiger charge is -2.01. The van der Waals surface area contributed by atoms with Crippen molar-refractivity contribution in [3.63, 3.8) is 0 Å². The average Bonchev–Trinajstić information content (AvgIpc) is 2.82. The molecule has 0 bridgehead atoms. The maximum absolute atomic E-state index is 4.75. The van der Waals surface area contributed by atoms with Gasteiger partial charge in [0.05, 0.1) is 5.69 Å². The van der Waals surface area contributed by atoms with E-state index in [1.165, 1.54) is 9.13 Å². The first kappa shape index (κ1) is 12.4. The third-order valence-corrected chi connectivity index (χ3v) is 4.00. The fraction of sp³-hybridized carbons (Fsp3) is 0.0625. The Kier molecular flexibility index (Phi) is 3.38. The average molecular weight is 360 g/mol. The van der Waals surface area contributed by atoms with Crippen molar-refractivity contribution in [3.05, 3.63) is 63.9 Å². The number of nitrogens with one attached hydrogen (secondary N) is 1. The van der Waals surface area contributed by atoms with Crippen molar-refractivity contribution < 1.29 is 0 Å². The fourth-order valence-corrected chi connectivity index (χ4v) is 2.75. The zero-order valence-electron chi connectivity index (χ0n) is 10.5. The summed E-state index contributed by atoms with van der Waals surface area (Å²) in [5.41, 5.74) is 4.42. The molecule has 3 heteroatoms. The number of rotatable bonds is 2. The van der Waals surface area contributed by atoms with Gasteiger partial charge in [-0.15, -0.1) is 0 Å². The molecule has 0 saturated carbocycles. The van der Waals surface area contributed by atoms with E-state index >= 15 is 0 Å². The van der Waals surface area contributed by atoms with Crippen LogP contribution >= 0.6 is 22.6 Å². The minimum atomic E-state index is 0.924. The van der Waals surface area contributed by atoms with Gasteiger partial charge in [-0.25, -0.2) is 4.98 Å². The zero-order chi connectivity index (χ0) is 13.2. The highest BCUT2D eigenvalue weighted by molar-refractivity contribution is 14.1. The number of nitrogens with zero attached hydrogens (tertiary/aromatic N) is 1. The van der Waals surface area contributed by atoms with Crippen LogP contribution in [0.25, 0.3) is 22.6 Å². The number of H-pyrrole nitrogens is 1. The van der Waals surface area contributed by atoms with Crippen LogP contribution in [-0.4, -0.2) is 9.97 Å². The Balaban J connectivity index is 2.11. The monoisotopic (exact) mass is 360 g/mol. The van der Waals surface area contributed by atoms with E-state index < -0.39 is 0 Å². The number of hydrogen-bond acceptors (Lipinski definition) is 1. The summed E-state index contributed by atoms with van der Waals surface area (Å²) in [7, 11) is 0. The van der Waals surface area contributed by atoms with Crippen LogP contribution in [-0.2, 0) is 0 Å². The minimum Gasteiger partial charge on any atom is -0.342 e. The number of aromatic amines is 1. The van der Waals surface area contributed by atoms with Gasteiger partial charge >= 0.3 is 0 Å². The van der Waals surface area contributed by atoms with Crippen LogP contribution in [0.15, 0.2) is 54.6 Å². The molecule has 2 aromatic carbocycles. The smallest absolute Gasteiger partial charge is 0.138 e. The molecular formula is C16H13IN2. The van der Waals surface area contributed by atoms with Crippen molar-refractivity contribution in [1.82, 2.24) is 9.97 Å². The molecule has 0 aliphatic heterocycles. The van der Waals surface area contributed by atoms with E-state index in [4.69, 9.17) is 4.98 Å². The molecule has 94 valence electrons. The maximum Gasteiger partial charge on any atom is 0.138 e. The molecule has 19 heavy (non-hydrogen) atoms. The van der Waals surface area contributed by atoms with Crippen LogP contribution < -0.4 is 0 Å². The fourth-order valence-electron chi connectivity index (χ4n) is 2.11. The van der Waals surface area contributed by atoms with E-state index in [9.17, 15) is 0 Å². The van der Waals surface area contributed by atoms with Gasteiger partial charge in [0.2, 0.25) is 0 Å². The SMILES string of the molecule is Cc1[nH]c(-c2ccccc2)nc1-c1ccccc1I. The largest absolute Gasteiger partial charge is 0.342 e. The molecule has 0 saturated heterocycles. The summed E-state index contributed by atoms with van der Waals surface area (Å²) in [5, 5.41) is 0. The van der Waals surface area contributed by atoms with Gasteiger partial charge in [0.15, 0.2) is 0 Å². The molecule has 2 nitrogen and oxygen atoms in total. The van der Waals surface area contributed by atoms with Crippen LogP contribution in [0.3, 0.4) is 0 Å². The highest BCUT2D eigenvalue weighted by Crippen LogP contribution is 2.28. The molecule has 1 N–H and O–H groups in total. The van der Waals surface area contributed by atoms with Crippen LogP contribution in [0.2, 0.25) is 0 Å². The second-order valence-electron chi connectivity index (χ2n) is 4.40. The summed E-state index contributed by atoms with van der Waals surface area (Å²) in [5.74, 6) is 0.924. The van der Waals surface area contributed by atoms with E-state index in [2.05, 4.69) is 58.8 Å². The Hall–Kier alpha value is -1.62. The van der Waals surface area contributed by atoms with Gasteiger partial charge in [0.1, 0.15) is 5.82 Å². The summed E-state index contributed by atoms with van der Waals surface area (Å²) in [6.45, 7) is 2.07. The Labute approximate surface area is 126 Å². The number of imidazole rings is 1. The molecule has 0 fully saturated rings. The summed E-state index contributed by atoms with van der Waals surface area (Å²) in [4.78, 5) is 8.12. The van der Waals surface area contributed by atoms with Crippen molar-refractivity contribution >= 4 is 22.6 Å². The zero-order valence-corrected chi connectivity index (χ0v) is 12.7. The molecular weight excluding hydrogens is 347 g/mol. The standard InChI is InChI=1S/C16H13IN2/c1-11-15(13-9-5-6-10-14(13)17)19-16(18-11)12-7-3-2-4-8-12/h2-10H,1H3,(H,18,19). The van der Waals surface area contributed by atoms with Gasteiger partial charge in [0, 0.05) is 20.4 Å². The van der Waals surface area contributed by atoms with E-state index in [1.54, 1.807) is 0 Å². The number of halogens is 1.